The molecule has 2 amide bonds. The summed E-state index contributed by atoms with van der Waals surface area (Å²) in [5, 5.41) is 10.2. The number of ether oxygens (including phenoxy) is 2. The van der Waals surface area contributed by atoms with E-state index < -0.39 is 22.9 Å². The maximum Gasteiger partial charge on any atom is 0.408 e. The number of morpholine rings is 1. The zero-order valence-corrected chi connectivity index (χ0v) is 29.9. The molecule has 0 bridgehead atoms. The van der Waals surface area contributed by atoms with Gasteiger partial charge in [-0.3, -0.25) is 9.69 Å². The molecule has 0 spiro atoms. The molecule has 4 aliphatic rings. The summed E-state index contributed by atoms with van der Waals surface area (Å²) in [5.41, 5.74) is 1.11. The minimum atomic E-state index is -0.871. The summed E-state index contributed by atoms with van der Waals surface area (Å²) >= 11 is 0. The second-order valence-corrected chi connectivity index (χ2v) is 15.5. The van der Waals surface area contributed by atoms with E-state index in [9.17, 15) is 9.59 Å². The highest BCUT2D eigenvalue weighted by molar-refractivity contribution is 5.93. The van der Waals surface area contributed by atoms with Gasteiger partial charge in [0.25, 0.3) is 0 Å². The van der Waals surface area contributed by atoms with Crippen molar-refractivity contribution in [2.24, 2.45) is 7.05 Å². The number of carbonyl (C=O) groups is 2. The Balaban J connectivity index is 1.14. The molecule has 0 unspecified atom stereocenters. The van der Waals surface area contributed by atoms with E-state index in [0.717, 1.165) is 53.7 Å². The molecule has 49 heavy (non-hydrogen) atoms. The van der Waals surface area contributed by atoms with Gasteiger partial charge in [0.15, 0.2) is 28.5 Å². The summed E-state index contributed by atoms with van der Waals surface area (Å²) in [6.45, 7) is 17.0. The molecule has 1 aliphatic carbocycles. The van der Waals surface area contributed by atoms with Crippen LogP contribution < -0.4 is 20.9 Å². The number of nitrogens with one attached hydrogen (secondary N) is 3. The molecule has 1 saturated carbocycles. The van der Waals surface area contributed by atoms with Gasteiger partial charge in [-0.15, -0.1) is 0 Å². The first-order chi connectivity index (χ1) is 23.2. The molecule has 2 aromatic heterocycles. The smallest absolute Gasteiger partial charge is 0.408 e. The van der Waals surface area contributed by atoms with Gasteiger partial charge in [-0.2, -0.15) is 0 Å². The van der Waals surface area contributed by atoms with Gasteiger partial charge in [0.05, 0.1) is 31.1 Å². The molecule has 14 heteroatoms. The largest absolute Gasteiger partial charge is 0.444 e. The van der Waals surface area contributed by atoms with Gasteiger partial charge in [0.2, 0.25) is 5.91 Å². The number of imidazole rings is 1. The van der Waals surface area contributed by atoms with Crippen LogP contribution in [0.5, 0.6) is 0 Å². The van der Waals surface area contributed by atoms with Crippen LogP contribution in [-0.4, -0.2) is 104 Å². The van der Waals surface area contributed by atoms with E-state index in [2.05, 4.69) is 63.2 Å². The Morgan fingerprint density at radius 1 is 1.00 bits per heavy atom. The van der Waals surface area contributed by atoms with E-state index in [0.29, 0.717) is 58.1 Å². The molecule has 3 N–H and O–H groups in total. The predicted molar refractivity (Wildman–Crippen MR) is 187 cm³/mol. The second-order valence-electron chi connectivity index (χ2n) is 15.5. The molecular formula is C35H50N10O4. The van der Waals surface area contributed by atoms with E-state index in [-0.39, 0.29) is 11.4 Å². The zero-order chi connectivity index (χ0) is 34.8. The number of piperazine rings is 1. The maximum absolute atomic E-state index is 13.7. The van der Waals surface area contributed by atoms with Crippen molar-refractivity contribution in [1.82, 2.24) is 34.6 Å². The van der Waals surface area contributed by atoms with Crippen LogP contribution in [0.3, 0.4) is 0 Å². The Kier molecular flexibility index (Phi) is 8.17. The third-order valence-corrected chi connectivity index (χ3v) is 10.2. The highest BCUT2D eigenvalue weighted by atomic mass is 16.6. The lowest BCUT2D eigenvalue weighted by Gasteiger charge is -2.47. The van der Waals surface area contributed by atoms with E-state index in [1.807, 2.05) is 44.9 Å². The van der Waals surface area contributed by atoms with Crippen LogP contribution in [0, 0.1) is 0 Å². The molecule has 2 saturated heterocycles. The van der Waals surface area contributed by atoms with Crippen molar-refractivity contribution in [2.45, 2.75) is 89.7 Å². The minimum absolute atomic E-state index is 0.0343. The fourth-order valence-electron chi connectivity index (χ4n) is 7.20. The van der Waals surface area contributed by atoms with Crippen molar-refractivity contribution in [3.8, 4) is 0 Å². The van der Waals surface area contributed by atoms with E-state index in [4.69, 9.17) is 24.4 Å². The Labute approximate surface area is 287 Å². The van der Waals surface area contributed by atoms with Crippen molar-refractivity contribution in [1.29, 1.82) is 0 Å². The molecular weight excluding hydrogens is 624 g/mol. The van der Waals surface area contributed by atoms with Crippen LogP contribution in [0.15, 0.2) is 24.3 Å². The van der Waals surface area contributed by atoms with Crippen LogP contribution in [-0.2, 0) is 33.5 Å². The summed E-state index contributed by atoms with van der Waals surface area (Å²) in [6.07, 6.45) is 1.42. The lowest BCUT2D eigenvalue weighted by atomic mass is 9.97. The topological polar surface area (TPSA) is 142 Å². The van der Waals surface area contributed by atoms with Crippen LogP contribution in [0.2, 0.25) is 0 Å². The van der Waals surface area contributed by atoms with Crippen LogP contribution in [0.4, 0.5) is 22.0 Å². The highest BCUT2D eigenvalue weighted by Crippen LogP contribution is 2.42. The molecule has 3 fully saturated rings. The number of amides is 2. The van der Waals surface area contributed by atoms with Crippen molar-refractivity contribution in [3.63, 3.8) is 0 Å². The molecule has 14 nitrogen and oxygen atoms in total. The first-order valence-corrected chi connectivity index (χ1v) is 17.5. The highest BCUT2D eigenvalue weighted by Gasteiger charge is 2.55. The molecule has 0 radical (unpaired) electrons. The summed E-state index contributed by atoms with van der Waals surface area (Å²) in [5.74, 6) is 2.35. The number of para-hydroxylation sites is 2. The second kappa shape index (κ2) is 12.0. The number of fused-ring (bicyclic) bond motifs is 2. The lowest BCUT2D eigenvalue weighted by Crippen LogP contribution is -2.63. The Hall–Kier alpha value is -4.17. The van der Waals surface area contributed by atoms with Gasteiger partial charge >= 0.3 is 6.09 Å². The third-order valence-electron chi connectivity index (χ3n) is 10.2. The van der Waals surface area contributed by atoms with Gasteiger partial charge in [-0.25, -0.2) is 19.7 Å². The van der Waals surface area contributed by atoms with Gasteiger partial charge in [0.1, 0.15) is 17.0 Å². The van der Waals surface area contributed by atoms with Gasteiger partial charge < -0.3 is 39.8 Å². The fraction of sp³-hybridized carbons (Fsp3) is 0.629. The number of alkyl carbamates (subject to hydrolysis) is 1. The molecule has 0 atom stereocenters. The van der Waals surface area contributed by atoms with Crippen molar-refractivity contribution in [3.05, 3.63) is 35.9 Å². The third kappa shape index (κ3) is 6.24. The standard InChI is InChI=1S/C35H50N10O4/c1-8-35(39-23-11-9-10-12-24(23)40-35)29-37-27-26(28(38-29)43-17-19-48-20-18-43)36-25(42(27)7)21-45-16-15-44(22-33(45,5)6)30(46)34(13-14-34)41-31(47)49-32(2,3)4/h9-12,39-40H,8,13-22H2,1-7H3,(H,41,47). The monoisotopic (exact) mass is 674 g/mol. The maximum atomic E-state index is 13.7. The number of rotatable bonds is 7. The van der Waals surface area contributed by atoms with Crippen molar-refractivity contribution >= 4 is 40.4 Å². The minimum Gasteiger partial charge on any atom is -0.444 e. The average Bonchev–Trinajstić information content (AvgIpc) is 3.61. The number of hydrogen-bond donors (Lipinski definition) is 3. The SMILES string of the molecule is CCC1(c2nc(N3CCOCC3)c3nc(CN4CCN(C(=O)C5(NC(=O)OC(C)(C)C)CC5)CC4(C)C)n(C)c3n2)Nc2ccccc2N1. The number of aromatic nitrogens is 4. The number of anilines is 3. The summed E-state index contributed by atoms with van der Waals surface area (Å²) in [4.78, 5) is 48.4. The zero-order valence-electron chi connectivity index (χ0n) is 29.9. The Morgan fingerprint density at radius 3 is 2.27 bits per heavy atom. The molecule has 7 rings (SSSR count). The number of benzene rings is 1. The Bertz CT molecular complexity index is 1730. The van der Waals surface area contributed by atoms with E-state index in [1.165, 1.54) is 0 Å². The first-order valence-electron chi connectivity index (χ1n) is 17.5. The molecule has 3 aromatic rings. The van der Waals surface area contributed by atoms with Crippen molar-refractivity contribution in [2.75, 3.05) is 61.5 Å². The van der Waals surface area contributed by atoms with E-state index in [1.54, 1.807) is 0 Å². The summed E-state index contributed by atoms with van der Waals surface area (Å²) in [6, 6.07) is 8.19. The fourth-order valence-corrected chi connectivity index (χ4v) is 7.20. The molecule has 1 aromatic carbocycles. The van der Waals surface area contributed by atoms with Crippen LogP contribution >= 0.6 is 0 Å². The van der Waals surface area contributed by atoms with E-state index >= 15 is 0 Å². The van der Waals surface area contributed by atoms with Crippen molar-refractivity contribution < 1.29 is 19.1 Å². The number of nitrogens with zero attached hydrogens (tertiary/aromatic N) is 7. The number of aryl methyl sites for hydroxylation is 1. The summed E-state index contributed by atoms with van der Waals surface area (Å²) in [7, 11) is 2.03. The predicted octanol–water partition coefficient (Wildman–Crippen LogP) is 3.78. The first kappa shape index (κ1) is 33.3. The summed E-state index contributed by atoms with van der Waals surface area (Å²) < 4.78 is 13.2. The molecule has 5 heterocycles. The number of hydrogen-bond acceptors (Lipinski definition) is 11. The average molecular weight is 675 g/mol. The quantitative estimate of drug-likeness (QED) is 0.337. The van der Waals surface area contributed by atoms with Crippen LogP contribution in [0.25, 0.3) is 11.2 Å². The van der Waals surface area contributed by atoms with Crippen LogP contribution in [0.1, 0.15) is 72.5 Å². The van der Waals surface area contributed by atoms with Gasteiger partial charge in [-0.05, 0) is 66.0 Å². The lowest BCUT2D eigenvalue weighted by molar-refractivity contribution is -0.140. The normalized spacial score (nSPS) is 21.1. The van der Waals surface area contributed by atoms with Gasteiger partial charge in [0, 0.05) is 45.3 Å². The molecule has 264 valence electrons. The molecule has 3 aliphatic heterocycles. The van der Waals surface area contributed by atoms with Gasteiger partial charge in [-0.1, -0.05) is 19.1 Å². The number of carbonyl (C=O) groups excluding carboxylic acids is 2. The Morgan fingerprint density at radius 2 is 1.67 bits per heavy atom.